The number of hydrogen-bond acceptors (Lipinski definition) is 4. The van der Waals surface area contributed by atoms with Crippen molar-refractivity contribution in [2.24, 2.45) is 0 Å². The molecule has 0 saturated carbocycles. The minimum Gasteiger partial charge on any atom is -0.461 e. The quantitative estimate of drug-likeness (QED) is 0.472. The highest BCUT2D eigenvalue weighted by Crippen LogP contribution is 1.83. The van der Waals surface area contributed by atoms with Crippen LogP contribution in [0.3, 0.4) is 0 Å². The minimum atomic E-state index is -0.596. The zero-order chi connectivity index (χ0) is 8.69. The average Bonchev–Trinajstić information content (AvgIpc) is 2.00. The predicted octanol–water partition coefficient (Wildman–Crippen LogP) is 0.606. The van der Waals surface area contributed by atoms with Gasteiger partial charge in [-0.3, -0.25) is 5.41 Å². The van der Waals surface area contributed by atoms with Crippen LogP contribution in [-0.4, -0.2) is 31.5 Å². The average molecular weight is 159 g/mol. The molecule has 0 fully saturated rings. The first-order valence-corrected chi connectivity index (χ1v) is 3.54. The van der Waals surface area contributed by atoms with Gasteiger partial charge >= 0.3 is 5.97 Å². The van der Waals surface area contributed by atoms with Gasteiger partial charge in [0.15, 0.2) is 0 Å². The Hall–Kier alpha value is -0.900. The highest BCUT2D eigenvalue weighted by molar-refractivity contribution is 6.35. The first kappa shape index (κ1) is 10.1. The van der Waals surface area contributed by atoms with E-state index in [1.165, 1.54) is 0 Å². The topological polar surface area (TPSA) is 59.4 Å². The summed E-state index contributed by atoms with van der Waals surface area (Å²) in [4.78, 5) is 10.7. The molecule has 0 unspecified atom stereocenters. The Balaban J connectivity index is 3.56. The smallest absolute Gasteiger partial charge is 0.354 e. The van der Waals surface area contributed by atoms with Crippen molar-refractivity contribution in [2.45, 2.75) is 13.8 Å². The molecule has 0 spiro atoms. The van der Waals surface area contributed by atoms with E-state index in [1.807, 2.05) is 0 Å². The molecule has 0 atom stereocenters. The van der Waals surface area contributed by atoms with Crippen molar-refractivity contribution < 1.29 is 14.3 Å². The minimum absolute atomic E-state index is 0.0370. The van der Waals surface area contributed by atoms with Crippen molar-refractivity contribution in [3.05, 3.63) is 0 Å². The van der Waals surface area contributed by atoms with Gasteiger partial charge in [0, 0.05) is 6.61 Å². The largest absolute Gasteiger partial charge is 0.461 e. The second-order valence-corrected chi connectivity index (χ2v) is 1.84. The van der Waals surface area contributed by atoms with Crippen molar-refractivity contribution in [3.63, 3.8) is 0 Å². The molecule has 0 saturated heterocycles. The van der Waals surface area contributed by atoms with Crippen LogP contribution in [0.15, 0.2) is 0 Å². The molecule has 4 heteroatoms. The molecule has 0 aliphatic rings. The number of rotatable bonds is 5. The fourth-order valence-electron chi connectivity index (χ4n) is 0.481. The van der Waals surface area contributed by atoms with Crippen molar-refractivity contribution in [3.8, 4) is 0 Å². The first-order chi connectivity index (χ1) is 5.22. The van der Waals surface area contributed by atoms with Gasteiger partial charge in [0.05, 0.1) is 13.2 Å². The lowest BCUT2D eigenvalue weighted by molar-refractivity contribution is -0.135. The zero-order valence-corrected chi connectivity index (χ0v) is 6.85. The molecule has 0 amide bonds. The standard InChI is InChI=1S/C7H13NO3/c1-3-10-5-6(8)7(9)11-4-2/h8H,3-5H2,1-2H3. The van der Waals surface area contributed by atoms with E-state index >= 15 is 0 Å². The van der Waals surface area contributed by atoms with Gasteiger partial charge in [0.25, 0.3) is 0 Å². The maximum atomic E-state index is 10.7. The van der Waals surface area contributed by atoms with E-state index in [1.54, 1.807) is 13.8 Å². The molecule has 0 radical (unpaired) electrons. The Bertz CT molecular complexity index is 145. The van der Waals surface area contributed by atoms with E-state index in [2.05, 4.69) is 4.74 Å². The van der Waals surface area contributed by atoms with Crippen LogP contribution in [0.4, 0.5) is 0 Å². The molecule has 64 valence electrons. The fourth-order valence-corrected chi connectivity index (χ4v) is 0.481. The third-order valence-corrected chi connectivity index (χ3v) is 0.972. The number of nitrogens with one attached hydrogen (secondary N) is 1. The lowest BCUT2D eigenvalue weighted by Crippen LogP contribution is -2.21. The van der Waals surface area contributed by atoms with Gasteiger partial charge < -0.3 is 9.47 Å². The van der Waals surface area contributed by atoms with E-state index in [0.717, 1.165) is 0 Å². The number of carbonyl (C=O) groups excluding carboxylic acids is 1. The van der Waals surface area contributed by atoms with Crippen molar-refractivity contribution in [2.75, 3.05) is 19.8 Å². The Kier molecular flexibility index (Phi) is 5.37. The Morgan fingerprint density at radius 3 is 2.45 bits per heavy atom. The number of hydrogen-bond donors (Lipinski definition) is 1. The molecule has 0 aliphatic carbocycles. The zero-order valence-electron chi connectivity index (χ0n) is 6.85. The summed E-state index contributed by atoms with van der Waals surface area (Å²) in [5.74, 6) is -0.596. The molecular weight excluding hydrogens is 146 g/mol. The molecule has 0 rings (SSSR count). The van der Waals surface area contributed by atoms with Crippen LogP contribution in [0.1, 0.15) is 13.8 Å². The molecule has 0 aromatic heterocycles. The second-order valence-electron chi connectivity index (χ2n) is 1.84. The molecule has 0 bridgehead atoms. The number of esters is 1. The van der Waals surface area contributed by atoms with Gasteiger partial charge in [-0.25, -0.2) is 4.79 Å². The second kappa shape index (κ2) is 5.85. The monoisotopic (exact) mass is 159 g/mol. The van der Waals surface area contributed by atoms with Gasteiger partial charge in [0.1, 0.15) is 5.71 Å². The summed E-state index contributed by atoms with van der Waals surface area (Å²) < 4.78 is 9.39. The first-order valence-electron chi connectivity index (χ1n) is 3.54. The molecule has 11 heavy (non-hydrogen) atoms. The molecule has 0 aliphatic heterocycles. The van der Waals surface area contributed by atoms with Gasteiger partial charge in [0.2, 0.25) is 0 Å². The van der Waals surface area contributed by atoms with Crippen molar-refractivity contribution >= 4 is 11.7 Å². The third-order valence-electron chi connectivity index (χ3n) is 0.972. The Labute approximate surface area is 66.0 Å². The maximum Gasteiger partial charge on any atom is 0.354 e. The van der Waals surface area contributed by atoms with E-state index in [4.69, 9.17) is 10.1 Å². The Morgan fingerprint density at radius 1 is 1.36 bits per heavy atom. The summed E-state index contributed by atoms with van der Waals surface area (Å²) in [6.07, 6.45) is 0. The molecule has 4 nitrogen and oxygen atoms in total. The molecular formula is C7H13NO3. The SMILES string of the molecule is CCOCC(=N)C(=O)OCC. The van der Waals surface area contributed by atoms with Gasteiger partial charge in [-0.05, 0) is 13.8 Å². The molecule has 1 N–H and O–H groups in total. The Morgan fingerprint density at radius 2 is 2.00 bits per heavy atom. The number of ether oxygens (including phenoxy) is 2. The van der Waals surface area contributed by atoms with Crippen LogP contribution in [0, 0.1) is 5.41 Å². The van der Waals surface area contributed by atoms with Crippen LogP contribution >= 0.6 is 0 Å². The van der Waals surface area contributed by atoms with E-state index in [-0.39, 0.29) is 12.3 Å². The molecule has 0 aromatic rings. The van der Waals surface area contributed by atoms with Crippen LogP contribution in [0.5, 0.6) is 0 Å². The van der Waals surface area contributed by atoms with E-state index in [0.29, 0.717) is 13.2 Å². The van der Waals surface area contributed by atoms with Crippen LogP contribution in [0.25, 0.3) is 0 Å². The lowest BCUT2D eigenvalue weighted by atomic mass is 10.4. The maximum absolute atomic E-state index is 10.7. The third kappa shape index (κ3) is 4.50. The van der Waals surface area contributed by atoms with Crippen LogP contribution in [-0.2, 0) is 14.3 Å². The number of carbonyl (C=O) groups is 1. The normalized spacial score (nSPS) is 9.27. The van der Waals surface area contributed by atoms with Gasteiger partial charge in [-0.2, -0.15) is 0 Å². The summed E-state index contributed by atoms with van der Waals surface area (Å²) in [6, 6.07) is 0. The summed E-state index contributed by atoms with van der Waals surface area (Å²) in [7, 11) is 0. The highest BCUT2D eigenvalue weighted by atomic mass is 16.5. The molecule has 0 heterocycles. The predicted molar refractivity (Wildman–Crippen MR) is 40.9 cm³/mol. The van der Waals surface area contributed by atoms with Crippen molar-refractivity contribution in [1.82, 2.24) is 0 Å². The van der Waals surface area contributed by atoms with E-state index < -0.39 is 5.97 Å². The summed E-state index contributed by atoms with van der Waals surface area (Å²) in [5.41, 5.74) is -0.131. The highest BCUT2D eigenvalue weighted by Gasteiger charge is 2.08. The summed E-state index contributed by atoms with van der Waals surface area (Å²) >= 11 is 0. The van der Waals surface area contributed by atoms with Crippen molar-refractivity contribution in [1.29, 1.82) is 5.41 Å². The van der Waals surface area contributed by atoms with E-state index in [9.17, 15) is 4.79 Å². The van der Waals surface area contributed by atoms with Crippen LogP contribution in [0.2, 0.25) is 0 Å². The summed E-state index contributed by atoms with van der Waals surface area (Å²) in [5, 5.41) is 7.10. The fraction of sp³-hybridized carbons (Fsp3) is 0.714. The van der Waals surface area contributed by atoms with Gasteiger partial charge in [-0.1, -0.05) is 0 Å². The van der Waals surface area contributed by atoms with Gasteiger partial charge in [-0.15, -0.1) is 0 Å². The lowest BCUT2D eigenvalue weighted by Gasteiger charge is -2.02. The summed E-state index contributed by atoms with van der Waals surface area (Å²) in [6.45, 7) is 4.34. The molecule has 0 aromatic carbocycles. The van der Waals surface area contributed by atoms with Crippen LogP contribution < -0.4 is 0 Å².